The van der Waals surface area contributed by atoms with E-state index in [1.807, 2.05) is 6.92 Å². The Bertz CT molecular complexity index is 464. The first kappa shape index (κ1) is 16.1. The van der Waals surface area contributed by atoms with Crippen molar-refractivity contribution in [3.8, 4) is 0 Å². The molecule has 0 amide bonds. The van der Waals surface area contributed by atoms with E-state index >= 15 is 0 Å². The zero-order chi connectivity index (χ0) is 15.1. The molecule has 2 N–H and O–H groups in total. The van der Waals surface area contributed by atoms with Gasteiger partial charge in [-0.15, -0.1) is 0 Å². The highest BCUT2D eigenvalue weighted by atomic mass is 16.6. The third-order valence-corrected chi connectivity index (χ3v) is 3.05. The van der Waals surface area contributed by atoms with E-state index in [1.165, 1.54) is 0 Å². The number of rotatable bonds is 8. The van der Waals surface area contributed by atoms with Crippen LogP contribution in [0.5, 0.6) is 0 Å². The maximum atomic E-state index is 11.2. The fourth-order valence-corrected chi connectivity index (χ4v) is 2.04. The summed E-state index contributed by atoms with van der Waals surface area (Å²) in [6.07, 6.45) is 2.86. The Morgan fingerprint density at radius 2 is 2.00 bits per heavy atom. The van der Waals surface area contributed by atoms with Crippen molar-refractivity contribution >= 4 is 17.5 Å². The van der Waals surface area contributed by atoms with Crippen LogP contribution < -0.4 is 10.6 Å². The fraction of sp³-hybridized carbons (Fsp3) is 0.692. The number of nitrogens with zero attached hydrogens (tertiary/aromatic N) is 3. The smallest absolute Gasteiger partial charge is 0.332 e. The van der Waals surface area contributed by atoms with Gasteiger partial charge in [-0.25, -0.2) is 4.98 Å². The van der Waals surface area contributed by atoms with Crippen molar-refractivity contribution in [1.82, 2.24) is 9.97 Å². The second kappa shape index (κ2) is 7.62. The zero-order valence-corrected chi connectivity index (χ0v) is 12.6. The minimum Gasteiger partial charge on any atom is -0.361 e. The lowest BCUT2D eigenvalue weighted by Gasteiger charge is -2.17. The third kappa shape index (κ3) is 4.04. The molecule has 0 saturated carbocycles. The van der Waals surface area contributed by atoms with Crippen LogP contribution in [0.3, 0.4) is 0 Å². The van der Waals surface area contributed by atoms with E-state index in [0.717, 1.165) is 19.3 Å². The lowest BCUT2D eigenvalue weighted by Crippen LogP contribution is -2.21. The summed E-state index contributed by atoms with van der Waals surface area (Å²) in [5.74, 6) is 0.725. The van der Waals surface area contributed by atoms with Gasteiger partial charge in [0, 0.05) is 12.6 Å². The number of anilines is 2. The topological polar surface area (TPSA) is 93.0 Å². The Labute approximate surface area is 119 Å². The average Bonchev–Trinajstić information content (AvgIpc) is 2.37. The number of aryl methyl sites for hydroxylation is 1. The van der Waals surface area contributed by atoms with Crippen molar-refractivity contribution in [3.63, 3.8) is 0 Å². The van der Waals surface area contributed by atoms with Gasteiger partial charge in [0.25, 0.3) is 0 Å². The molecule has 0 bridgehead atoms. The highest BCUT2D eigenvalue weighted by molar-refractivity contribution is 5.61. The van der Waals surface area contributed by atoms with Gasteiger partial charge in [-0.3, -0.25) is 10.1 Å². The van der Waals surface area contributed by atoms with Gasteiger partial charge < -0.3 is 10.6 Å². The van der Waals surface area contributed by atoms with Crippen LogP contribution in [0.1, 0.15) is 45.7 Å². The first-order chi connectivity index (χ1) is 9.53. The molecule has 0 fully saturated rings. The third-order valence-electron chi connectivity index (χ3n) is 3.05. The van der Waals surface area contributed by atoms with Gasteiger partial charge in [-0.1, -0.05) is 20.3 Å². The second-order valence-electron chi connectivity index (χ2n) is 4.66. The number of hydrogen-bond acceptors (Lipinski definition) is 6. The van der Waals surface area contributed by atoms with Crippen molar-refractivity contribution in [2.45, 2.75) is 53.0 Å². The van der Waals surface area contributed by atoms with E-state index < -0.39 is 4.92 Å². The van der Waals surface area contributed by atoms with Gasteiger partial charge >= 0.3 is 5.69 Å². The summed E-state index contributed by atoms with van der Waals surface area (Å²) in [4.78, 5) is 19.1. The molecule has 1 unspecified atom stereocenters. The Morgan fingerprint density at radius 1 is 1.30 bits per heavy atom. The molecule has 1 aromatic heterocycles. The summed E-state index contributed by atoms with van der Waals surface area (Å²) in [6.45, 7) is 8.38. The van der Waals surface area contributed by atoms with Gasteiger partial charge in [-0.2, -0.15) is 4.98 Å². The molecule has 0 aromatic carbocycles. The number of nitro groups is 1. The van der Waals surface area contributed by atoms with Crippen LogP contribution in [0, 0.1) is 17.0 Å². The van der Waals surface area contributed by atoms with Gasteiger partial charge in [-0.05, 0) is 26.7 Å². The number of hydrogen-bond donors (Lipinski definition) is 2. The van der Waals surface area contributed by atoms with Crippen molar-refractivity contribution in [1.29, 1.82) is 0 Å². The highest BCUT2D eigenvalue weighted by Gasteiger charge is 2.23. The van der Waals surface area contributed by atoms with Gasteiger partial charge in [0.2, 0.25) is 11.8 Å². The minimum atomic E-state index is -0.425. The summed E-state index contributed by atoms with van der Waals surface area (Å²) < 4.78 is 0. The molecule has 7 heteroatoms. The lowest BCUT2D eigenvalue weighted by atomic mass is 10.1. The molecular formula is C13H23N5O2. The van der Waals surface area contributed by atoms with Crippen molar-refractivity contribution < 1.29 is 4.92 Å². The van der Waals surface area contributed by atoms with Gasteiger partial charge in [0.15, 0.2) is 0 Å². The summed E-state index contributed by atoms with van der Waals surface area (Å²) in [5.41, 5.74) is 0.330. The van der Waals surface area contributed by atoms with Crippen LogP contribution >= 0.6 is 0 Å². The van der Waals surface area contributed by atoms with E-state index in [0.29, 0.717) is 24.0 Å². The van der Waals surface area contributed by atoms with Crippen LogP contribution in [0.2, 0.25) is 0 Å². The SMILES string of the molecule is CCCC(CC)Nc1nc(NCC)nc(C)c1[N+](=O)[O-]. The molecule has 1 aromatic rings. The van der Waals surface area contributed by atoms with E-state index in [4.69, 9.17) is 0 Å². The number of aromatic nitrogens is 2. The molecule has 0 aliphatic carbocycles. The number of nitrogens with one attached hydrogen (secondary N) is 2. The van der Waals surface area contributed by atoms with Crippen molar-refractivity contribution in [2.24, 2.45) is 0 Å². The molecule has 20 heavy (non-hydrogen) atoms. The van der Waals surface area contributed by atoms with Crippen molar-refractivity contribution in [2.75, 3.05) is 17.2 Å². The fourth-order valence-electron chi connectivity index (χ4n) is 2.04. The zero-order valence-electron chi connectivity index (χ0n) is 12.6. The Hall–Kier alpha value is -1.92. The van der Waals surface area contributed by atoms with E-state index in [9.17, 15) is 10.1 Å². The first-order valence-corrected chi connectivity index (χ1v) is 7.06. The van der Waals surface area contributed by atoms with Gasteiger partial charge in [0.05, 0.1) is 4.92 Å². The maximum absolute atomic E-state index is 11.2. The largest absolute Gasteiger partial charge is 0.361 e. The maximum Gasteiger partial charge on any atom is 0.332 e. The summed E-state index contributed by atoms with van der Waals surface area (Å²) >= 11 is 0. The Balaban J connectivity index is 3.15. The van der Waals surface area contributed by atoms with Crippen LogP contribution in [0.4, 0.5) is 17.5 Å². The average molecular weight is 281 g/mol. The monoisotopic (exact) mass is 281 g/mol. The van der Waals surface area contributed by atoms with Crippen molar-refractivity contribution in [3.05, 3.63) is 15.8 Å². The Morgan fingerprint density at radius 3 is 2.50 bits per heavy atom. The van der Waals surface area contributed by atoms with E-state index in [2.05, 4.69) is 34.4 Å². The Kier molecular flexibility index (Phi) is 6.14. The van der Waals surface area contributed by atoms with Gasteiger partial charge in [0.1, 0.15) is 5.69 Å². The molecule has 0 saturated heterocycles. The summed E-state index contributed by atoms with van der Waals surface area (Å²) in [5, 5.41) is 17.4. The molecule has 112 valence electrons. The van der Waals surface area contributed by atoms with E-state index in [-0.39, 0.29) is 11.7 Å². The lowest BCUT2D eigenvalue weighted by molar-refractivity contribution is -0.385. The van der Waals surface area contributed by atoms with Crippen LogP contribution in [-0.2, 0) is 0 Å². The normalized spacial score (nSPS) is 12.0. The molecule has 1 atom stereocenters. The predicted octanol–water partition coefficient (Wildman–Crippen LogP) is 3.12. The molecule has 0 aliphatic heterocycles. The quantitative estimate of drug-likeness (QED) is 0.561. The molecule has 0 spiro atoms. The highest BCUT2D eigenvalue weighted by Crippen LogP contribution is 2.27. The molecular weight excluding hydrogens is 258 g/mol. The molecule has 1 rings (SSSR count). The molecule has 0 aliphatic rings. The minimum absolute atomic E-state index is 0.0405. The van der Waals surface area contributed by atoms with Crippen LogP contribution in [0.15, 0.2) is 0 Å². The first-order valence-electron chi connectivity index (χ1n) is 7.06. The summed E-state index contributed by atoms with van der Waals surface area (Å²) in [7, 11) is 0. The predicted molar refractivity (Wildman–Crippen MR) is 80.2 cm³/mol. The standard InChI is InChI=1S/C13H23N5O2/c1-5-8-10(6-2)16-12-11(18(19)20)9(4)15-13(17-12)14-7-3/h10H,5-8H2,1-4H3,(H2,14,15,16,17). The molecule has 1 heterocycles. The second-order valence-corrected chi connectivity index (χ2v) is 4.66. The van der Waals surface area contributed by atoms with Crippen LogP contribution in [-0.4, -0.2) is 27.5 Å². The summed E-state index contributed by atoms with van der Waals surface area (Å²) in [6, 6.07) is 0.183. The molecule has 0 radical (unpaired) electrons. The van der Waals surface area contributed by atoms with E-state index in [1.54, 1.807) is 6.92 Å². The van der Waals surface area contributed by atoms with Crippen LogP contribution in [0.25, 0.3) is 0 Å². The molecule has 7 nitrogen and oxygen atoms in total.